The van der Waals surface area contributed by atoms with Gasteiger partial charge in [-0.05, 0) is 68.9 Å². The Balaban J connectivity index is 0.000000317. The van der Waals surface area contributed by atoms with E-state index in [2.05, 4.69) is 9.80 Å². The third-order valence-electron chi connectivity index (χ3n) is 6.66. The average Bonchev–Trinajstić information content (AvgIpc) is 3.51. The maximum absolute atomic E-state index is 13.4. The number of aliphatic carboxylic acids is 2. The van der Waals surface area contributed by atoms with Gasteiger partial charge in [-0.15, -0.1) is 0 Å². The van der Waals surface area contributed by atoms with E-state index in [-0.39, 0.29) is 11.7 Å². The molecule has 3 aliphatic heterocycles. The number of alkyl halides is 6. The molecule has 0 saturated carbocycles. The lowest BCUT2D eigenvalue weighted by molar-refractivity contribution is -0.193. The summed E-state index contributed by atoms with van der Waals surface area (Å²) in [5.41, 5.74) is 0.476. The molecule has 0 spiro atoms. The molecule has 3 fully saturated rings. The van der Waals surface area contributed by atoms with Gasteiger partial charge in [-0.1, -0.05) is 6.07 Å². The highest BCUT2D eigenvalue weighted by Gasteiger charge is 2.40. The van der Waals surface area contributed by atoms with Crippen LogP contribution in [0.1, 0.15) is 29.6 Å². The topological polar surface area (TPSA) is 101 Å². The predicted molar refractivity (Wildman–Crippen MR) is 123 cm³/mol. The van der Waals surface area contributed by atoms with Crippen LogP contribution in [0.5, 0.6) is 0 Å². The lowest BCUT2D eigenvalue weighted by Crippen LogP contribution is -2.43. The fraction of sp³-hybridized carbons (Fsp3) is 0.625. The molecule has 0 bridgehead atoms. The van der Waals surface area contributed by atoms with Crippen molar-refractivity contribution in [1.29, 1.82) is 0 Å². The number of hydrogen-bond acceptors (Lipinski definition) is 5. The smallest absolute Gasteiger partial charge is 0.475 e. The zero-order chi connectivity index (χ0) is 29.4. The number of nitrogens with zero attached hydrogens (tertiary/aromatic N) is 3. The van der Waals surface area contributed by atoms with Gasteiger partial charge in [0, 0.05) is 38.3 Å². The predicted octanol–water partition coefficient (Wildman–Crippen LogP) is 3.58. The second kappa shape index (κ2) is 13.9. The molecule has 0 aromatic heterocycles. The monoisotopic (exact) mass is 573 g/mol. The minimum atomic E-state index is -5.08. The van der Waals surface area contributed by atoms with Crippen LogP contribution in [-0.2, 0) is 9.59 Å². The van der Waals surface area contributed by atoms with Gasteiger partial charge in [-0.3, -0.25) is 4.79 Å². The highest BCUT2D eigenvalue weighted by molar-refractivity contribution is 5.94. The normalized spacial score (nSPS) is 21.8. The fourth-order valence-electron chi connectivity index (χ4n) is 4.71. The SMILES string of the molecule is O=C(O)C(F)(F)F.O=C(O)C(F)(F)F.O=C(c1cccc(F)c1)N1C[C@H]2CN(CCN3CCCC3)CC[C@H]2C1. The summed E-state index contributed by atoms with van der Waals surface area (Å²) in [6, 6.07) is 6.08. The van der Waals surface area contributed by atoms with Crippen molar-refractivity contribution in [3.8, 4) is 0 Å². The molecule has 0 radical (unpaired) electrons. The molecule has 3 heterocycles. The second-order valence-corrected chi connectivity index (χ2v) is 9.48. The zero-order valence-electron chi connectivity index (χ0n) is 20.8. The molecule has 2 atom stereocenters. The number of carbonyl (C=O) groups excluding carboxylic acids is 1. The van der Waals surface area contributed by atoms with E-state index >= 15 is 0 Å². The van der Waals surface area contributed by atoms with Gasteiger partial charge < -0.3 is 24.9 Å². The van der Waals surface area contributed by atoms with Crippen molar-refractivity contribution in [2.45, 2.75) is 31.6 Å². The van der Waals surface area contributed by atoms with E-state index < -0.39 is 24.3 Å². The molecule has 3 saturated heterocycles. The third kappa shape index (κ3) is 10.6. The van der Waals surface area contributed by atoms with E-state index in [9.17, 15) is 35.5 Å². The number of fused-ring (bicyclic) bond motifs is 1. The summed E-state index contributed by atoms with van der Waals surface area (Å²) < 4.78 is 76.9. The van der Waals surface area contributed by atoms with Crippen LogP contribution in [0.15, 0.2) is 24.3 Å². The Bertz CT molecular complexity index is 960. The molecule has 15 heteroatoms. The summed E-state index contributed by atoms with van der Waals surface area (Å²) >= 11 is 0. The molecular weight excluding hydrogens is 543 g/mol. The number of benzene rings is 1. The lowest BCUT2D eigenvalue weighted by atomic mass is 9.89. The number of piperidine rings is 1. The minimum absolute atomic E-state index is 0.0162. The number of carboxylic acid groups (broad SMARTS) is 2. The van der Waals surface area contributed by atoms with Crippen molar-refractivity contribution >= 4 is 17.8 Å². The Labute approximate surface area is 220 Å². The summed E-state index contributed by atoms with van der Waals surface area (Å²) in [4.78, 5) is 37.5. The molecule has 4 rings (SSSR count). The van der Waals surface area contributed by atoms with E-state index in [1.54, 1.807) is 12.1 Å². The Hall–Kier alpha value is -2.94. The second-order valence-electron chi connectivity index (χ2n) is 9.48. The van der Waals surface area contributed by atoms with Gasteiger partial charge in [0.05, 0.1) is 0 Å². The van der Waals surface area contributed by atoms with Gasteiger partial charge >= 0.3 is 24.3 Å². The summed E-state index contributed by atoms with van der Waals surface area (Å²) in [5, 5.41) is 14.2. The lowest BCUT2D eigenvalue weighted by Gasteiger charge is -2.35. The van der Waals surface area contributed by atoms with Gasteiger partial charge in [-0.25, -0.2) is 14.0 Å². The van der Waals surface area contributed by atoms with E-state index in [0.29, 0.717) is 17.4 Å². The number of amides is 1. The van der Waals surface area contributed by atoms with Crippen molar-refractivity contribution < 1.29 is 55.3 Å². The molecule has 1 amide bonds. The molecule has 0 aliphatic carbocycles. The molecule has 1 aromatic carbocycles. The first-order valence-corrected chi connectivity index (χ1v) is 12.2. The number of carbonyl (C=O) groups is 3. The zero-order valence-corrected chi connectivity index (χ0v) is 20.8. The third-order valence-corrected chi connectivity index (χ3v) is 6.66. The first-order chi connectivity index (χ1) is 18.1. The first kappa shape index (κ1) is 32.3. The Morgan fingerprint density at radius 3 is 1.82 bits per heavy atom. The van der Waals surface area contributed by atoms with E-state index in [1.165, 1.54) is 51.0 Å². The van der Waals surface area contributed by atoms with Gasteiger partial charge in [0.25, 0.3) is 5.91 Å². The van der Waals surface area contributed by atoms with E-state index in [4.69, 9.17) is 19.8 Å². The van der Waals surface area contributed by atoms with E-state index in [0.717, 1.165) is 32.7 Å². The summed E-state index contributed by atoms with van der Waals surface area (Å²) in [5.74, 6) is -4.68. The van der Waals surface area contributed by atoms with Crippen LogP contribution >= 0.6 is 0 Å². The molecule has 2 N–H and O–H groups in total. The maximum atomic E-state index is 13.4. The number of likely N-dealkylation sites (tertiary alicyclic amines) is 3. The van der Waals surface area contributed by atoms with Crippen molar-refractivity contribution in [1.82, 2.24) is 14.7 Å². The first-order valence-electron chi connectivity index (χ1n) is 12.2. The van der Waals surface area contributed by atoms with Crippen LogP contribution in [0, 0.1) is 17.7 Å². The van der Waals surface area contributed by atoms with Gasteiger partial charge in [-0.2, -0.15) is 26.3 Å². The number of halogens is 7. The fourth-order valence-corrected chi connectivity index (χ4v) is 4.71. The van der Waals surface area contributed by atoms with Gasteiger partial charge in [0.2, 0.25) is 0 Å². The Morgan fingerprint density at radius 2 is 1.31 bits per heavy atom. The van der Waals surface area contributed by atoms with E-state index in [1.807, 2.05) is 4.90 Å². The standard InChI is InChI=1S/C20H28FN3O.2C2HF3O2/c21-19-5-3-4-16(12-19)20(25)24-14-17-6-9-23(13-18(17)15-24)11-10-22-7-1-2-8-22;2*3-2(4,5)1(6)7/h3-5,12,17-18H,1-2,6-11,13-15H2;2*(H,6,7)/t17-,18+;;/m0../s1. The molecule has 39 heavy (non-hydrogen) atoms. The maximum Gasteiger partial charge on any atom is 0.490 e. The van der Waals surface area contributed by atoms with Crippen LogP contribution in [0.4, 0.5) is 30.7 Å². The van der Waals surface area contributed by atoms with Crippen LogP contribution in [0.3, 0.4) is 0 Å². The minimum Gasteiger partial charge on any atom is -0.475 e. The average molecular weight is 574 g/mol. The highest BCUT2D eigenvalue weighted by atomic mass is 19.4. The Morgan fingerprint density at radius 1 is 0.795 bits per heavy atom. The number of rotatable bonds is 4. The molecule has 1 aromatic rings. The van der Waals surface area contributed by atoms with Crippen molar-refractivity contribution in [3.63, 3.8) is 0 Å². The van der Waals surface area contributed by atoms with Crippen LogP contribution in [0.25, 0.3) is 0 Å². The summed E-state index contributed by atoms with van der Waals surface area (Å²) in [6.07, 6.45) is -6.29. The quantitative estimate of drug-likeness (QED) is 0.531. The number of carboxylic acids is 2. The molecule has 220 valence electrons. The van der Waals surface area contributed by atoms with Crippen LogP contribution in [-0.4, -0.2) is 107 Å². The molecule has 0 unspecified atom stereocenters. The Kier molecular flexibility index (Phi) is 11.5. The largest absolute Gasteiger partial charge is 0.490 e. The van der Waals surface area contributed by atoms with Crippen LogP contribution in [0.2, 0.25) is 0 Å². The van der Waals surface area contributed by atoms with Crippen molar-refractivity contribution in [3.05, 3.63) is 35.6 Å². The van der Waals surface area contributed by atoms with Crippen LogP contribution < -0.4 is 0 Å². The van der Waals surface area contributed by atoms with Gasteiger partial charge in [0.1, 0.15) is 5.82 Å². The molecular formula is C24H30F7N3O5. The summed E-state index contributed by atoms with van der Waals surface area (Å²) in [7, 11) is 0. The molecule has 3 aliphatic rings. The van der Waals surface area contributed by atoms with Crippen molar-refractivity contribution in [2.75, 3.05) is 52.4 Å². The summed E-state index contributed by atoms with van der Waals surface area (Å²) in [6.45, 7) is 8.76. The van der Waals surface area contributed by atoms with Crippen molar-refractivity contribution in [2.24, 2.45) is 11.8 Å². The number of hydrogen-bond donors (Lipinski definition) is 2. The van der Waals surface area contributed by atoms with Gasteiger partial charge in [0.15, 0.2) is 0 Å². The molecule has 8 nitrogen and oxygen atoms in total. The highest BCUT2D eigenvalue weighted by Crippen LogP contribution is 2.32.